The van der Waals surface area contributed by atoms with Gasteiger partial charge >= 0.3 is 0 Å². The maximum atomic E-state index is 12.9. The second-order valence-corrected chi connectivity index (χ2v) is 7.46. The molecule has 0 spiro atoms. The molecule has 4 amide bonds. The lowest BCUT2D eigenvalue weighted by Gasteiger charge is -2.15. The van der Waals surface area contributed by atoms with Crippen LogP contribution in [0, 0.1) is 5.82 Å². The Kier molecular flexibility index (Phi) is 6.26. The number of benzene rings is 3. The molecule has 0 saturated heterocycles. The van der Waals surface area contributed by atoms with Gasteiger partial charge in [-0.2, -0.15) is 0 Å². The van der Waals surface area contributed by atoms with E-state index in [-0.39, 0.29) is 24.8 Å². The molecule has 4 rings (SSSR count). The Morgan fingerprint density at radius 3 is 2.18 bits per heavy atom. The van der Waals surface area contributed by atoms with Gasteiger partial charge in [0, 0.05) is 24.2 Å². The number of halogens is 1. The molecule has 8 heteroatoms. The fraction of sp³-hybridized carbons (Fsp3) is 0.120. The molecule has 0 atom stereocenters. The number of hydrogen-bond donors (Lipinski definition) is 2. The summed E-state index contributed by atoms with van der Waals surface area (Å²) < 4.78 is 12.9. The number of anilines is 2. The lowest BCUT2D eigenvalue weighted by atomic mass is 10.1. The van der Waals surface area contributed by atoms with Crippen molar-refractivity contribution >= 4 is 35.0 Å². The summed E-state index contributed by atoms with van der Waals surface area (Å²) in [6.07, 6.45) is 0.553. The summed E-state index contributed by atoms with van der Waals surface area (Å²) in [5, 5.41) is 5.42. The lowest BCUT2D eigenvalue weighted by Crippen LogP contribution is -2.29. The molecule has 0 bridgehead atoms. The smallest absolute Gasteiger partial charge is 0.266 e. The van der Waals surface area contributed by atoms with E-state index in [9.17, 15) is 23.6 Å². The highest BCUT2D eigenvalue weighted by molar-refractivity contribution is 6.34. The molecule has 0 fully saturated rings. The van der Waals surface area contributed by atoms with Gasteiger partial charge in [0.05, 0.1) is 16.8 Å². The number of fused-ring (bicyclic) bond motifs is 1. The lowest BCUT2D eigenvalue weighted by molar-refractivity contribution is -0.116. The van der Waals surface area contributed by atoms with Gasteiger partial charge in [-0.05, 0) is 61.0 Å². The Morgan fingerprint density at radius 2 is 1.52 bits per heavy atom. The van der Waals surface area contributed by atoms with Gasteiger partial charge in [0.2, 0.25) is 5.91 Å². The largest absolute Gasteiger partial charge is 0.352 e. The van der Waals surface area contributed by atoms with E-state index < -0.39 is 17.6 Å². The van der Waals surface area contributed by atoms with Crippen molar-refractivity contribution < 1.29 is 23.6 Å². The van der Waals surface area contributed by atoms with Crippen molar-refractivity contribution in [1.82, 2.24) is 5.32 Å². The number of imide groups is 1. The van der Waals surface area contributed by atoms with Crippen LogP contribution >= 0.6 is 0 Å². The molecule has 1 aliphatic heterocycles. The first-order valence-corrected chi connectivity index (χ1v) is 10.4. The van der Waals surface area contributed by atoms with Crippen LogP contribution in [0.4, 0.5) is 15.8 Å². The van der Waals surface area contributed by atoms with Gasteiger partial charge in [0.15, 0.2) is 0 Å². The zero-order chi connectivity index (χ0) is 23.4. The van der Waals surface area contributed by atoms with E-state index >= 15 is 0 Å². The van der Waals surface area contributed by atoms with Crippen LogP contribution in [0.3, 0.4) is 0 Å². The number of carbonyl (C=O) groups excluding carboxylic acids is 4. The Morgan fingerprint density at radius 1 is 0.848 bits per heavy atom. The van der Waals surface area contributed by atoms with Crippen LogP contribution < -0.4 is 15.5 Å². The number of carbonyl (C=O) groups is 4. The predicted molar refractivity (Wildman–Crippen MR) is 121 cm³/mol. The number of amides is 4. The van der Waals surface area contributed by atoms with Crippen molar-refractivity contribution in [2.75, 3.05) is 16.8 Å². The van der Waals surface area contributed by atoms with Gasteiger partial charge in [-0.3, -0.25) is 19.2 Å². The van der Waals surface area contributed by atoms with Crippen LogP contribution in [0.1, 0.15) is 43.9 Å². The SMILES string of the molecule is O=C(CCCNC(=O)c1ccc(F)cc1)Nc1cccc(N2C(=O)c3ccccc3C2=O)c1. The summed E-state index contributed by atoms with van der Waals surface area (Å²) in [6, 6.07) is 18.3. The van der Waals surface area contributed by atoms with E-state index in [4.69, 9.17) is 0 Å². The third-order valence-electron chi connectivity index (χ3n) is 5.15. The first-order valence-electron chi connectivity index (χ1n) is 10.4. The van der Waals surface area contributed by atoms with Gasteiger partial charge in [0.25, 0.3) is 17.7 Å². The molecule has 0 saturated carbocycles. The molecule has 7 nitrogen and oxygen atoms in total. The number of hydrogen-bond acceptors (Lipinski definition) is 4. The second-order valence-electron chi connectivity index (χ2n) is 7.46. The van der Waals surface area contributed by atoms with Crippen molar-refractivity contribution in [3.05, 3.63) is 95.3 Å². The van der Waals surface area contributed by atoms with Gasteiger partial charge in [-0.15, -0.1) is 0 Å². The minimum Gasteiger partial charge on any atom is -0.352 e. The van der Waals surface area contributed by atoms with E-state index in [1.807, 2.05) is 0 Å². The van der Waals surface area contributed by atoms with Crippen molar-refractivity contribution in [3.63, 3.8) is 0 Å². The summed E-state index contributed by atoms with van der Waals surface area (Å²) >= 11 is 0. The number of rotatable bonds is 7. The normalized spacial score (nSPS) is 12.5. The monoisotopic (exact) mass is 445 g/mol. The van der Waals surface area contributed by atoms with Crippen LogP contribution in [0.15, 0.2) is 72.8 Å². The number of nitrogens with one attached hydrogen (secondary N) is 2. The van der Waals surface area contributed by atoms with Crippen molar-refractivity contribution in [1.29, 1.82) is 0 Å². The molecule has 0 aliphatic carbocycles. The maximum absolute atomic E-state index is 12.9. The predicted octanol–water partition coefficient (Wildman–Crippen LogP) is 3.78. The highest BCUT2D eigenvalue weighted by Crippen LogP contribution is 2.29. The Labute approximate surface area is 189 Å². The Hall–Kier alpha value is -4.33. The Balaban J connectivity index is 1.30. The molecule has 33 heavy (non-hydrogen) atoms. The van der Waals surface area contributed by atoms with Crippen molar-refractivity contribution in [2.45, 2.75) is 12.8 Å². The molecule has 3 aromatic rings. The molecule has 1 aliphatic rings. The van der Waals surface area contributed by atoms with Gasteiger partial charge in [-0.25, -0.2) is 9.29 Å². The Bertz CT molecular complexity index is 1210. The fourth-order valence-electron chi connectivity index (χ4n) is 3.52. The third kappa shape index (κ3) is 4.79. The molecule has 0 radical (unpaired) electrons. The molecule has 1 heterocycles. The van der Waals surface area contributed by atoms with Crippen LogP contribution in [-0.4, -0.2) is 30.2 Å². The molecule has 0 unspecified atom stereocenters. The molecular formula is C25H20FN3O4. The molecule has 0 aromatic heterocycles. The topological polar surface area (TPSA) is 95.6 Å². The highest BCUT2D eigenvalue weighted by Gasteiger charge is 2.36. The average Bonchev–Trinajstić information content (AvgIpc) is 3.07. The molecule has 166 valence electrons. The van der Waals surface area contributed by atoms with Gasteiger partial charge < -0.3 is 10.6 Å². The molecular weight excluding hydrogens is 425 g/mol. The second kappa shape index (κ2) is 9.44. The fourth-order valence-corrected chi connectivity index (χ4v) is 3.52. The summed E-state index contributed by atoms with van der Waals surface area (Å²) in [5.74, 6) is -1.85. The highest BCUT2D eigenvalue weighted by atomic mass is 19.1. The maximum Gasteiger partial charge on any atom is 0.266 e. The number of nitrogens with zero attached hydrogens (tertiary/aromatic N) is 1. The van der Waals surface area contributed by atoms with E-state index in [2.05, 4.69) is 10.6 Å². The van der Waals surface area contributed by atoms with Crippen molar-refractivity contribution in [3.8, 4) is 0 Å². The zero-order valence-corrected chi connectivity index (χ0v) is 17.5. The first-order chi connectivity index (χ1) is 15.9. The zero-order valence-electron chi connectivity index (χ0n) is 17.5. The van der Waals surface area contributed by atoms with E-state index in [0.717, 1.165) is 4.90 Å². The minimum absolute atomic E-state index is 0.154. The van der Waals surface area contributed by atoms with Crippen LogP contribution in [0.5, 0.6) is 0 Å². The summed E-state index contributed by atoms with van der Waals surface area (Å²) in [5.41, 5.74) is 1.85. The van der Waals surface area contributed by atoms with Crippen molar-refractivity contribution in [2.24, 2.45) is 0 Å². The standard InChI is InChI=1S/C25H20FN3O4/c26-17-12-10-16(11-13-17)23(31)27-14-4-9-22(30)28-18-5-3-6-19(15-18)29-24(32)20-7-1-2-8-21(20)25(29)33/h1-3,5-8,10-13,15H,4,9,14H2,(H,27,31)(H,28,30). The van der Waals surface area contributed by atoms with E-state index in [1.165, 1.54) is 24.3 Å². The van der Waals surface area contributed by atoms with Crippen LogP contribution in [-0.2, 0) is 4.79 Å². The molecule has 3 aromatic carbocycles. The first kappa shape index (κ1) is 21.9. The quantitative estimate of drug-likeness (QED) is 0.427. The van der Waals surface area contributed by atoms with E-state index in [0.29, 0.717) is 34.5 Å². The van der Waals surface area contributed by atoms with Gasteiger partial charge in [-0.1, -0.05) is 18.2 Å². The van der Waals surface area contributed by atoms with Gasteiger partial charge in [0.1, 0.15) is 5.82 Å². The molecule has 2 N–H and O–H groups in total. The van der Waals surface area contributed by atoms with E-state index in [1.54, 1.807) is 48.5 Å². The average molecular weight is 445 g/mol. The summed E-state index contributed by atoms with van der Waals surface area (Å²) in [6.45, 7) is 0.276. The van der Waals surface area contributed by atoms with Crippen LogP contribution in [0.25, 0.3) is 0 Å². The third-order valence-corrected chi connectivity index (χ3v) is 5.15. The summed E-state index contributed by atoms with van der Waals surface area (Å²) in [4.78, 5) is 50.7. The van der Waals surface area contributed by atoms with Crippen LogP contribution in [0.2, 0.25) is 0 Å². The minimum atomic E-state index is -0.421. The summed E-state index contributed by atoms with van der Waals surface area (Å²) in [7, 11) is 0.